The number of aromatic nitrogens is 2. The molecule has 0 aliphatic carbocycles. The molecule has 0 spiro atoms. The number of carbonyl (C=O) groups excluding carboxylic acids is 1. The zero-order valence-corrected chi connectivity index (χ0v) is 20.3. The summed E-state index contributed by atoms with van der Waals surface area (Å²) in [5.74, 6) is 0.670. The van der Waals surface area contributed by atoms with E-state index in [0.29, 0.717) is 16.5 Å². The molecule has 2 atom stereocenters. The minimum absolute atomic E-state index is 0.198. The molecule has 3 aromatic rings. The van der Waals surface area contributed by atoms with Gasteiger partial charge in [0.2, 0.25) is 0 Å². The van der Waals surface area contributed by atoms with E-state index in [-0.39, 0.29) is 11.9 Å². The number of nitrogens with zero attached hydrogens (tertiary/aromatic N) is 2. The van der Waals surface area contributed by atoms with Crippen LogP contribution in [0.4, 0.5) is 5.69 Å². The van der Waals surface area contributed by atoms with Crippen molar-refractivity contribution in [3.8, 4) is 5.75 Å². The molecule has 9 heteroatoms. The van der Waals surface area contributed by atoms with Gasteiger partial charge in [-0.2, -0.15) is 0 Å². The number of methoxy groups -OCH3 is 1. The Morgan fingerprint density at radius 1 is 1.36 bits per heavy atom. The molecule has 0 bridgehead atoms. The molecule has 0 radical (unpaired) electrons. The molecule has 174 valence electrons. The molecule has 2 unspecified atom stereocenters. The first-order chi connectivity index (χ1) is 15.9. The zero-order chi connectivity index (χ0) is 23.4. The minimum atomic E-state index is -0.869. The molecule has 7 nitrogen and oxygen atoms in total. The van der Waals surface area contributed by atoms with E-state index < -0.39 is 10.9 Å². The van der Waals surface area contributed by atoms with E-state index >= 15 is 0 Å². The number of aryl methyl sites for hydroxylation is 2. The van der Waals surface area contributed by atoms with Crippen molar-refractivity contribution in [1.29, 1.82) is 4.78 Å². The van der Waals surface area contributed by atoms with Crippen LogP contribution in [0.25, 0.3) is 0 Å². The van der Waals surface area contributed by atoms with Gasteiger partial charge in [0, 0.05) is 31.2 Å². The van der Waals surface area contributed by atoms with Gasteiger partial charge in [0.15, 0.2) is 0 Å². The average Bonchev–Trinajstić information content (AvgIpc) is 3.06. The topological polar surface area (TPSA) is 92.0 Å². The van der Waals surface area contributed by atoms with Gasteiger partial charge in [0.1, 0.15) is 16.6 Å². The van der Waals surface area contributed by atoms with E-state index in [0.717, 1.165) is 48.3 Å². The Kier molecular flexibility index (Phi) is 7.47. The smallest absolute Gasteiger partial charge is 0.272 e. The van der Waals surface area contributed by atoms with Gasteiger partial charge >= 0.3 is 0 Å². The van der Waals surface area contributed by atoms with Crippen LogP contribution in [0.5, 0.6) is 5.75 Å². The number of amides is 1. The largest absolute Gasteiger partial charge is 0.497 e. The molecule has 1 amide bonds. The molecule has 0 saturated carbocycles. The van der Waals surface area contributed by atoms with Crippen LogP contribution in [0.2, 0.25) is 5.15 Å². The van der Waals surface area contributed by atoms with Gasteiger partial charge < -0.3 is 14.6 Å². The average molecular weight is 486 g/mol. The highest BCUT2D eigenvalue weighted by Crippen LogP contribution is 2.28. The van der Waals surface area contributed by atoms with E-state index in [1.165, 1.54) is 5.56 Å². The van der Waals surface area contributed by atoms with Crippen molar-refractivity contribution < 1.29 is 9.53 Å². The second-order valence-corrected chi connectivity index (χ2v) is 9.83. The molecular weight excluding hydrogens is 458 g/mol. The standard InChI is InChI=1S/C24H28ClN5O2S/c1-30-15-21-20(23(30)24(31)28-18-12-13-27-22(25)14-18)11-8-17(29-33(21)26)5-3-4-16-6-9-19(32-2)10-7-16/h6-7,9-10,12-15,17H,3-5,8,11H2,1-2H3,(H2,26,29)(H,27,28,31). The van der Waals surface area contributed by atoms with Gasteiger partial charge in [0.05, 0.1) is 12.0 Å². The molecule has 0 fully saturated rings. The third-order valence-corrected chi connectivity index (χ3v) is 7.44. The summed E-state index contributed by atoms with van der Waals surface area (Å²) in [6.07, 6.45) is 8.14. The number of ether oxygens (including phenoxy) is 1. The molecule has 2 aromatic heterocycles. The fourth-order valence-corrected chi connectivity index (χ4v) is 5.77. The maximum atomic E-state index is 13.1. The van der Waals surface area contributed by atoms with Crippen molar-refractivity contribution in [2.75, 3.05) is 12.4 Å². The van der Waals surface area contributed by atoms with Crippen molar-refractivity contribution in [1.82, 2.24) is 14.3 Å². The number of rotatable bonds is 7. The Bertz CT molecular complexity index is 1160. The summed E-state index contributed by atoms with van der Waals surface area (Å²) >= 11 is 5.95. The number of benzene rings is 1. The van der Waals surface area contributed by atoms with Gasteiger partial charge in [-0.1, -0.05) is 23.7 Å². The number of nitrogens with one attached hydrogen (secondary N) is 3. The third kappa shape index (κ3) is 5.63. The molecule has 1 aliphatic heterocycles. The number of hydrogen-bond acceptors (Lipinski definition) is 4. The van der Waals surface area contributed by atoms with Crippen LogP contribution >= 0.6 is 11.6 Å². The Morgan fingerprint density at radius 3 is 2.88 bits per heavy atom. The number of hydrogen-bond donors (Lipinski definition) is 3. The summed E-state index contributed by atoms with van der Waals surface area (Å²) in [6.45, 7) is 0. The van der Waals surface area contributed by atoms with Crippen LogP contribution < -0.4 is 14.8 Å². The molecule has 33 heavy (non-hydrogen) atoms. The number of fused-ring (bicyclic) bond motifs is 1. The first-order valence-corrected chi connectivity index (χ1v) is 12.5. The number of halogens is 1. The van der Waals surface area contributed by atoms with Crippen LogP contribution in [0, 0.1) is 4.78 Å². The quantitative estimate of drug-likeness (QED) is 0.414. The lowest BCUT2D eigenvalue weighted by molar-refractivity contribution is 0.101. The van der Waals surface area contributed by atoms with Crippen molar-refractivity contribution >= 4 is 34.1 Å². The van der Waals surface area contributed by atoms with Crippen LogP contribution in [-0.2, 0) is 30.8 Å². The van der Waals surface area contributed by atoms with Crippen molar-refractivity contribution in [2.24, 2.45) is 7.05 Å². The highest BCUT2D eigenvalue weighted by atomic mass is 35.5. The van der Waals surface area contributed by atoms with Crippen LogP contribution in [-0.4, -0.2) is 28.6 Å². The molecule has 3 heterocycles. The van der Waals surface area contributed by atoms with Gasteiger partial charge in [-0.3, -0.25) is 9.57 Å². The normalized spacial score (nSPS) is 17.8. The minimum Gasteiger partial charge on any atom is -0.497 e. The maximum Gasteiger partial charge on any atom is 0.272 e. The lowest BCUT2D eigenvalue weighted by Crippen LogP contribution is -2.29. The third-order valence-electron chi connectivity index (χ3n) is 5.87. The Balaban J connectivity index is 1.40. The Labute approximate surface area is 201 Å². The van der Waals surface area contributed by atoms with E-state index in [1.807, 2.05) is 29.9 Å². The van der Waals surface area contributed by atoms with Gasteiger partial charge in [-0.15, -0.1) is 0 Å². The molecular formula is C24H28ClN5O2S. The van der Waals surface area contributed by atoms with E-state index in [2.05, 4.69) is 27.2 Å². The van der Waals surface area contributed by atoms with Crippen LogP contribution in [0.1, 0.15) is 40.9 Å². The van der Waals surface area contributed by atoms with Gasteiger partial charge in [-0.05, 0) is 78.4 Å². The molecule has 0 saturated heterocycles. The maximum absolute atomic E-state index is 13.1. The van der Waals surface area contributed by atoms with Crippen LogP contribution in [0.3, 0.4) is 0 Å². The van der Waals surface area contributed by atoms with Crippen molar-refractivity contribution in [3.63, 3.8) is 0 Å². The van der Waals surface area contributed by atoms with E-state index in [4.69, 9.17) is 21.1 Å². The first kappa shape index (κ1) is 23.5. The summed E-state index contributed by atoms with van der Waals surface area (Å²) in [4.78, 5) is 17.9. The van der Waals surface area contributed by atoms with Crippen molar-refractivity contribution in [3.05, 3.63) is 70.8 Å². The predicted molar refractivity (Wildman–Crippen MR) is 132 cm³/mol. The fourth-order valence-electron chi connectivity index (χ4n) is 4.19. The Morgan fingerprint density at radius 2 is 2.15 bits per heavy atom. The lowest BCUT2D eigenvalue weighted by atomic mass is 9.99. The lowest BCUT2D eigenvalue weighted by Gasteiger charge is -2.16. The van der Waals surface area contributed by atoms with Crippen molar-refractivity contribution in [2.45, 2.75) is 43.0 Å². The summed E-state index contributed by atoms with van der Waals surface area (Å²) in [5, 5.41) is 3.24. The number of pyridine rings is 1. The Hall–Kier alpha value is -2.68. The SMILES string of the molecule is COc1ccc(CCCC2CCc3c(cn(C)c3C(=O)Nc3ccnc(Cl)c3)S(=N)N2)cc1. The second kappa shape index (κ2) is 10.5. The number of anilines is 1. The predicted octanol–water partition coefficient (Wildman–Crippen LogP) is 4.92. The second-order valence-electron chi connectivity index (χ2n) is 8.15. The number of carbonyl (C=O) groups is 1. The highest BCUT2D eigenvalue weighted by Gasteiger charge is 2.26. The van der Waals surface area contributed by atoms with Crippen LogP contribution in [0.15, 0.2) is 53.7 Å². The van der Waals surface area contributed by atoms with Gasteiger partial charge in [0.25, 0.3) is 5.91 Å². The fraction of sp³-hybridized carbons (Fsp3) is 0.333. The monoisotopic (exact) mass is 485 g/mol. The van der Waals surface area contributed by atoms with Gasteiger partial charge in [-0.25, -0.2) is 9.71 Å². The molecule has 3 N–H and O–H groups in total. The molecule has 1 aromatic carbocycles. The summed E-state index contributed by atoms with van der Waals surface area (Å²) < 4.78 is 19.2. The van der Waals surface area contributed by atoms with E-state index in [1.54, 1.807) is 25.4 Å². The highest BCUT2D eigenvalue weighted by molar-refractivity contribution is 7.84. The zero-order valence-electron chi connectivity index (χ0n) is 18.7. The summed E-state index contributed by atoms with van der Waals surface area (Å²) in [6, 6.07) is 11.8. The molecule has 1 aliphatic rings. The first-order valence-electron chi connectivity index (χ1n) is 10.9. The van der Waals surface area contributed by atoms with E-state index in [9.17, 15) is 4.79 Å². The molecule has 4 rings (SSSR count). The summed E-state index contributed by atoms with van der Waals surface area (Å²) in [7, 11) is 2.66. The summed E-state index contributed by atoms with van der Waals surface area (Å²) in [5.41, 5.74) is 3.44.